The first-order chi connectivity index (χ1) is 13.1. The van der Waals surface area contributed by atoms with E-state index in [0.29, 0.717) is 31.7 Å². The number of carbonyl (C=O) groups excluding carboxylic acids is 1. The van der Waals surface area contributed by atoms with Gasteiger partial charge in [0.2, 0.25) is 5.91 Å². The number of nitrogens with one attached hydrogen (secondary N) is 1. The number of ether oxygens (including phenoxy) is 1. The van der Waals surface area contributed by atoms with Gasteiger partial charge in [0.15, 0.2) is 0 Å². The van der Waals surface area contributed by atoms with E-state index in [1.807, 2.05) is 0 Å². The van der Waals surface area contributed by atoms with Gasteiger partial charge in [-0.1, -0.05) is 48.0 Å². The minimum Gasteiger partial charge on any atom is -0.379 e. The van der Waals surface area contributed by atoms with Gasteiger partial charge in [-0.15, -0.1) is 0 Å². The molecule has 1 atom stereocenters. The van der Waals surface area contributed by atoms with Crippen molar-refractivity contribution >= 4 is 5.91 Å². The van der Waals surface area contributed by atoms with E-state index >= 15 is 0 Å². The number of carbonyl (C=O) groups is 1. The highest BCUT2D eigenvalue weighted by Gasteiger charge is 2.23. The van der Waals surface area contributed by atoms with E-state index in [1.54, 1.807) is 18.2 Å². The molecule has 1 fully saturated rings. The minimum atomic E-state index is -0.253. The van der Waals surface area contributed by atoms with E-state index in [2.05, 4.69) is 41.4 Å². The second kappa shape index (κ2) is 9.62. The second-order valence-electron chi connectivity index (χ2n) is 6.97. The lowest BCUT2D eigenvalue weighted by molar-refractivity contribution is -0.121. The summed E-state index contributed by atoms with van der Waals surface area (Å²) in [6.45, 7) is 5.74. The van der Waals surface area contributed by atoms with Crippen molar-refractivity contribution in [1.82, 2.24) is 10.2 Å². The third-order valence-corrected chi connectivity index (χ3v) is 4.99. The monoisotopic (exact) mass is 370 g/mol. The Bertz CT molecular complexity index is 759. The highest BCUT2D eigenvalue weighted by molar-refractivity contribution is 5.76. The Labute approximate surface area is 160 Å². The van der Waals surface area contributed by atoms with E-state index in [9.17, 15) is 9.18 Å². The number of halogens is 1. The zero-order valence-electron chi connectivity index (χ0n) is 15.8. The van der Waals surface area contributed by atoms with Gasteiger partial charge in [-0.05, 0) is 30.5 Å². The average molecular weight is 370 g/mol. The Kier molecular flexibility index (Phi) is 6.96. The lowest BCUT2D eigenvalue weighted by Crippen LogP contribution is -2.43. The maximum Gasteiger partial charge on any atom is 0.220 e. The summed E-state index contributed by atoms with van der Waals surface area (Å²) >= 11 is 0. The van der Waals surface area contributed by atoms with Gasteiger partial charge in [-0.2, -0.15) is 0 Å². The van der Waals surface area contributed by atoms with Crippen molar-refractivity contribution in [3.8, 4) is 0 Å². The van der Waals surface area contributed by atoms with Crippen LogP contribution in [0.3, 0.4) is 0 Å². The molecule has 1 unspecified atom stereocenters. The maximum atomic E-state index is 13.7. The molecule has 1 heterocycles. The molecule has 0 saturated carbocycles. The Hall–Kier alpha value is -2.24. The molecule has 0 radical (unpaired) electrons. The number of amides is 1. The van der Waals surface area contributed by atoms with Gasteiger partial charge in [0.25, 0.3) is 0 Å². The third-order valence-electron chi connectivity index (χ3n) is 4.99. The molecule has 2 aromatic rings. The summed E-state index contributed by atoms with van der Waals surface area (Å²) < 4.78 is 19.2. The van der Waals surface area contributed by atoms with Crippen LogP contribution < -0.4 is 5.32 Å². The van der Waals surface area contributed by atoms with Gasteiger partial charge in [0, 0.05) is 26.1 Å². The molecule has 1 N–H and O–H groups in total. The number of hydrogen-bond donors (Lipinski definition) is 1. The van der Waals surface area contributed by atoms with Gasteiger partial charge in [0.1, 0.15) is 5.82 Å². The summed E-state index contributed by atoms with van der Waals surface area (Å²) in [4.78, 5) is 14.7. The third kappa shape index (κ3) is 5.62. The van der Waals surface area contributed by atoms with Crippen molar-refractivity contribution in [2.75, 3.05) is 32.8 Å². The summed E-state index contributed by atoms with van der Waals surface area (Å²) in [7, 11) is 0. The fraction of sp³-hybridized carbons (Fsp3) is 0.409. The van der Waals surface area contributed by atoms with Crippen molar-refractivity contribution in [1.29, 1.82) is 0 Å². The lowest BCUT2D eigenvalue weighted by atomic mass is 10.0. The first-order valence-electron chi connectivity index (χ1n) is 9.52. The Morgan fingerprint density at radius 1 is 1.19 bits per heavy atom. The first kappa shape index (κ1) is 19.5. The van der Waals surface area contributed by atoms with E-state index in [0.717, 1.165) is 13.1 Å². The maximum absolute atomic E-state index is 13.7. The van der Waals surface area contributed by atoms with Crippen LogP contribution in [-0.4, -0.2) is 43.7 Å². The summed E-state index contributed by atoms with van der Waals surface area (Å²) in [6.07, 6.45) is 0.690. The van der Waals surface area contributed by atoms with E-state index in [4.69, 9.17) is 4.74 Å². The fourth-order valence-electron chi connectivity index (χ4n) is 3.47. The first-order valence-corrected chi connectivity index (χ1v) is 9.52. The number of hydrogen-bond acceptors (Lipinski definition) is 3. The van der Waals surface area contributed by atoms with Crippen LogP contribution in [0.4, 0.5) is 4.39 Å². The molecular weight excluding hydrogens is 343 g/mol. The van der Waals surface area contributed by atoms with Crippen LogP contribution in [0.5, 0.6) is 0 Å². The molecule has 1 aliphatic heterocycles. The largest absolute Gasteiger partial charge is 0.379 e. The van der Waals surface area contributed by atoms with Gasteiger partial charge < -0.3 is 10.1 Å². The van der Waals surface area contributed by atoms with Crippen LogP contribution in [0.15, 0.2) is 48.5 Å². The van der Waals surface area contributed by atoms with E-state index < -0.39 is 0 Å². The smallest absolute Gasteiger partial charge is 0.220 e. The van der Waals surface area contributed by atoms with Crippen molar-refractivity contribution in [2.45, 2.75) is 25.8 Å². The number of benzene rings is 2. The highest BCUT2D eigenvalue weighted by atomic mass is 19.1. The summed E-state index contributed by atoms with van der Waals surface area (Å²) in [5.41, 5.74) is 2.99. The van der Waals surface area contributed by atoms with Crippen molar-refractivity contribution in [2.24, 2.45) is 0 Å². The molecule has 2 aromatic carbocycles. The molecule has 1 aliphatic rings. The summed E-state index contributed by atoms with van der Waals surface area (Å²) in [5.74, 6) is -0.305. The zero-order chi connectivity index (χ0) is 19.1. The van der Waals surface area contributed by atoms with Crippen LogP contribution in [0.1, 0.15) is 29.2 Å². The van der Waals surface area contributed by atoms with Gasteiger partial charge in [-0.25, -0.2) is 4.39 Å². The normalized spacial score (nSPS) is 16.1. The van der Waals surface area contributed by atoms with Crippen LogP contribution in [0, 0.1) is 12.7 Å². The Morgan fingerprint density at radius 3 is 2.70 bits per heavy atom. The van der Waals surface area contributed by atoms with Crippen molar-refractivity contribution in [3.63, 3.8) is 0 Å². The Morgan fingerprint density at radius 2 is 1.96 bits per heavy atom. The molecular formula is C22H27FN2O2. The molecule has 5 heteroatoms. The zero-order valence-corrected chi connectivity index (χ0v) is 15.8. The SMILES string of the molecule is Cc1cccc(C(CNC(=O)CCc2ccccc2F)N2CCOCC2)c1. The summed E-state index contributed by atoms with van der Waals surface area (Å²) in [6, 6.07) is 15.1. The standard InChI is InChI=1S/C22H27FN2O2/c1-17-5-4-7-19(15-17)21(25-11-13-27-14-12-25)16-24-22(26)10-9-18-6-2-3-8-20(18)23/h2-8,15,21H,9-14,16H2,1H3,(H,24,26). The van der Waals surface area contributed by atoms with Crippen LogP contribution >= 0.6 is 0 Å². The van der Waals surface area contributed by atoms with Crippen molar-refractivity contribution < 1.29 is 13.9 Å². The molecule has 1 amide bonds. The second-order valence-corrected chi connectivity index (χ2v) is 6.97. The molecule has 0 bridgehead atoms. The van der Waals surface area contributed by atoms with E-state index in [-0.39, 0.29) is 24.2 Å². The lowest BCUT2D eigenvalue weighted by Gasteiger charge is -2.35. The fourth-order valence-corrected chi connectivity index (χ4v) is 3.47. The Balaban J connectivity index is 1.60. The molecule has 1 saturated heterocycles. The number of nitrogens with zero attached hydrogens (tertiary/aromatic N) is 1. The predicted molar refractivity (Wildman–Crippen MR) is 104 cm³/mol. The highest BCUT2D eigenvalue weighted by Crippen LogP contribution is 2.22. The van der Waals surface area contributed by atoms with Gasteiger partial charge in [-0.3, -0.25) is 9.69 Å². The van der Waals surface area contributed by atoms with Crippen LogP contribution in [-0.2, 0) is 16.0 Å². The molecule has 3 rings (SSSR count). The molecule has 144 valence electrons. The number of rotatable bonds is 7. The van der Waals surface area contributed by atoms with Crippen LogP contribution in [0.25, 0.3) is 0 Å². The molecule has 27 heavy (non-hydrogen) atoms. The quantitative estimate of drug-likeness (QED) is 0.813. The number of morpholine rings is 1. The number of aryl methyl sites for hydroxylation is 2. The topological polar surface area (TPSA) is 41.6 Å². The van der Waals surface area contributed by atoms with Gasteiger partial charge >= 0.3 is 0 Å². The van der Waals surface area contributed by atoms with Crippen LogP contribution in [0.2, 0.25) is 0 Å². The predicted octanol–water partition coefficient (Wildman–Crippen LogP) is 3.26. The van der Waals surface area contributed by atoms with Crippen molar-refractivity contribution in [3.05, 3.63) is 71.0 Å². The molecule has 0 aliphatic carbocycles. The molecule has 4 nitrogen and oxygen atoms in total. The van der Waals surface area contributed by atoms with Gasteiger partial charge in [0.05, 0.1) is 19.3 Å². The average Bonchev–Trinajstić information content (AvgIpc) is 2.68. The molecule has 0 aromatic heterocycles. The van der Waals surface area contributed by atoms with E-state index in [1.165, 1.54) is 17.2 Å². The minimum absolute atomic E-state index is 0.0517. The summed E-state index contributed by atoms with van der Waals surface area (Å²) in [5, 5.41) is 3.04. The molecule has 0 spiro atoms.